The molecule has 0 amide bonds. The summed E-state index contributed by atoms with van der Waals surface area (Å²) in [5, 5.41) is 3.53. The number of benzene rings is 1. The molecule has 21 heavy (non-hydrogen) atoms. The van der Waals surface area contributed by atoms with E-state index in [0.717, 1.165) is 22.9 Å². The van der Waals surface area contributed by atoms with Crippen molar-refractivity contribution in [1.29, 1.82) is 0 Å². The zero-order chi connectivity index (χ0) is 15.1. The summed E-state index contributed by atoms with van der Waals surface area (Å²) >= 11 is 3.43. The van der Waals surface area contributed by atoms with E-state index in [0.29, 0.717) is 12.6 Å². The zero-order valence-electron chi connectivity index (χ0n) is 12.6. The molecule has 0 aromatic heterocycles. The Kier molecular flexibility index (Phi) is 6.71. The van der Waals surface area contributed by atoms with Gasteiger partial charge >= 0.3 is 5.97 Å². The minimum absolute atomic E-state index is 0.177. The fraction of sp³-hybridized carbons (Fsp3) is 0.588. The highest BCUT2D eigenvalue weighted by Crippen LogP contribution is 2.23. The van der Waals surface area contributed by atoms with E-state index in [-0.39, 0.29) is 12.0 Å². The van der Waals surface area contributed by atoms with Crippen LogP contribution in [0.1, 0.15) is 57.1 Å². The highest BCUT2D eigenvalue weighted by Gasteiger charge is 2.25. The van der Waals surface area contributed by atoms with Gasteiger partial charge in [0.05, 0.1) is 6.61 Å². The third kappa shape index (κ3) is 5.11. The predicted molar refractivity (Wildman–Crippen MR) is 88.1 cm³/mol. The Labute approximate surface area is 135 Å². The van der Waals surface area contributed by atoms with Gasteiger partial charge in [-0.05, 0) is 37.5 Å². The van der Waals surface area contributed by atoms with Gasteiger partial charge in [0.25, 0.3) is 0 Å². The highest BCUT2D eigenvalue weighted by molar-refractivity contribution is 9.10. The van der Waals surface area contributed by atoms with Crippen molar-refractivity contribution in [2.24, 2.45) is 0 Å². The van der Waals surface area contributed by atoms with Crippen LogP contribution < -0.4 is 5.32 Å². The van der Waals surface area contributed by atoms with E-state index in [2.05, 4.69) is 21.2 Å². The second kappa shape index (κ2) is 8.54. The third-order valence-electron chi connectivity index (χ3n) is 3.98. The Morgan fingerprint density at radius 3 is 2.43 bits per heavy atom. The number of hydrogen-bond donors (Lipinski definition) is 1. The molecule has 1 N–H and O–H groups in total. The summed E-state index contributed by atoms with van der Waals surface area (Å²) in [5.41, 5.74) is 0.973. The van der Waals surface area contributed by atoms with Gasteiger partial charge in [0.15, 0.2) is 0 Å². The molecule has 1 aliphatic carbocycles. The Balaban J connectivity index is 2.11. The van der Waals surface area contributed by atoms with Gasteiger partial charge in [0, 0.05) is 10.5 Å². The smallest absolute Gasteiger partial charge is 0.327 e. The average molecular weight is 354 g/mol. The maximum Gasteiger partial charge on any atom is 0.327 e. The first-order valence-electron chi connectivity index (χ1n) is 7.89. The number of nitrogens with one attached hydrogen (secondary N) is 1. The molecule has 1 unspecified atom stereocenters. The van der Waals surface area contributed by atoms with Crippen LogP contribution in [0.4, 0.5) is 0 Å². The number of esters is 1. The second-order valence-electron chi connectivity index (χ2n) is 5.59. The number of ether oxygens (including phenoxy) is 1. The van der Waals surface area contributed by atoms with Crippen LogP contribution in [0, 0.1) is 0 Å². The largest absolute Gasteiger partial charge is 0.465 e. The molecule has 1 aromatic rings. The highest BCUT2D eigenvalue weighted by atomic mass is 79.9. The van der Waals surface area contributed by atoms with Gasteiger partial charge < -0.3 is 4.74 Å². The molecule has 1 aliphatic rings. The van der Waals surface area contributed by atoms with Crippen molar-refractivity contribution >= 4 is 21.9 Å². The van der Waals surface area contributed by atoms with Crippen molar-refractivity contribution in [2.75, 3.05) is 6.61 Å². The van der Waals surface area contributed by atoms with Gasteiger partial charge in [0.1, 0.15) is 6.04 Å². The maximum absolute atomic E-state index is 12.3. The number of hydrogen-bond acceptors (Lipinski definition) is 3. The van der Waals surface area contributed by atoms with Gasteiger partial charge in [-0.3, -0.25) is 5.32 Å². The van der Waals surface area contributed by atoms with Crippen molar-refractivity contribution in [3.05, 3.63) is 34.3 Å². The normalized spacial score (nSPS) is 18.0. The topological polar surface area (TPSA) is 38.3 Å². The molecule has 1 atom stereocenters. The van der Waals surface area contributed by atoms with E-state index in [9.17, 15) is 4.79 Å². The van der Waals surface area contributed by atoms with Crippen molar-refractivity contribution in [1.82, 2.24) is 5.32 Å². The summed E-state index contributed by atoms with van der Waals surface area (Å²) in [6.45, 7) is 2.26. The van der Waals surface area contributed by atoms with Gasteiger partial charge in [-0.2, -0.15) is 0 Å². The maximum atomic E-state index is 12.3. The summed E-state index contributed by atoms with van der Waals surface area (Å²) < 4.78 is 6.27. The third-order valence-corrected chi connectivity index (χ3v) is 4.51. The van der Waals surface area contributed by atoms with Crippen LogP contribution in [0.2, 0.25) is 0 Å². The number of halogens is 1. The molecule has 1 saturated carbocycles. The second-order valence-corrected chi connectivity index (χ2v) is 6.51. The van der Waals surface area contributed by atoms with E-state index in [1.54, 1.807) is 0 Å². The van der Waals surface area contributed by atoms with E-state index < -0.39 is 0 Å². The van der Waals surface area contributed by atoms with Crippen LogP contribution in [0.15, 0.2) is 28.7 Å². The number of carbonyl (C=O) groups is 1. The lowest BCUT2D eigenvalue weighted by atomic mass is 10.0. The Morgan fingerprint density at radius 2 is 1.86 bits per heavy atom. The van der Waals surface area contributed by atoms with Crippen LogP contribution in [0.5, 0.6) is 0 Å². The van der Waals surface area contributed by atoms with Crippen LogP contribution in [-0.2, 0) is 9.53 Å². The molecule has 1 aromatic carbocycles. The Morgan fingerprint density at radius 1 is 1.24 bits per heavy atom. The molecule has 0 heterocycles. The van der Waals surface area contributed by atoms with Gasteiger partial charge in [-0.15, -0.1) is 0 Å². The standard InChI is InChI=1S/C17H24BrNO2/c1-2-21-17(20)16(13-9-11-14(18)12-10-13)19-15-7-5-3-4-6-8-15/h9-12,15-16,19H,2-8H2,1H3. The fourth-order valence-electron chi connectivity index (χ4n) is 2.86. The first-order chi connectivity index (χ1) is 10.2. The van der Waals surface area contributed by atoms with Crippen LogP contribution in [0.25, 0.3) is 0 Å². The molecule has 2 rings (SSSR count). The minimum atomic E-state index is -0.360. The molecular weight excluding hydrogens is 330 g/mol. The Hall–Kier alpha value is -0.870. The van der Waals surface area contributed by atoms with Gasteiger partial charge in [-0.1, -0.05) is 53.7 Å². The summed E-state index contributed by atoms with van der Waals surface area (Å²) in [5.74, 6) is -0.177. The quantitative estimate of drug-likeness (QED) is 0.631. The lowest BCUT2D eigenvalue weighted by Crippen LogP contribution is -2.37. The monoisotopic (exact) mass is 353 g/mol. The first kappa shape index (κ1) is 16.5. The van der Waals surface area contributed by atoms with Crippen LogP contribution in [-0.4, -0.2) is 18.6 Å². The van der Waals surface area contributed by atoms with Gasteiger partial charge in [-0.25, -0.2) is 4.79 Å². The van der Waals surface area contributed by atoms with E-state index in [4.69, 9.17) is 4.74 Å². The first-order valence-corrected chi connectivity index (χ1v) is 8.68. The molecule has 0 spiro atoms. The lowest BCUT2D eigenvalue weighted by molar-refractivity contribution is -0.146. The molecule has 0 bridgehead atoms. The number of rotatable bonds is 5. The minimum Gasteiger partial charge on any atom is -0.465 e. The number of carbonyl (C=O) groups excluding carboxylic acids is 1. The lowest BCUT2D eigenvalue weighted by Gasteiger charge is -2.24. The summed E-state index contributed by atoms with van der Waals surface area (Å²) in [7, 11) is 0. The zero-order valence-corrected chi connectivity index (χ0v) is 14.2. The van der Waals surface area contributed by atoms with Crippen molar-refractivity contribution < 1.29 is 9.53 Å². The molecule has 3 nitrogen and oxygen atoms in total. The average Bonchev–Trinajstić information content (AvgIpc) is 2.75. The van der Waals surface area contributed by atoms with Crippen LogP contribution >= 0.6 is 15.9 Å². The van der Waals surface area contributed by atoms with E-state index in [1.807, 2.05) is 31.2 Å². The van der Waals surface area contributed by atoms with Crippen molar-refractivity contribution in [3.63, 3.8) is 0 Å². The molecule has 0 radical (unpaired) electrons. The summed E-state index contributed by atoms with van der Waals surface area (Å²) in [4.78, 5) is 12.3. The molecule has 0 saturated heterocycles. The van der Waals surface area contributed by atoms with Crippen LogP contribution in [0.3, 0.4) is 0 Å². The van der Waals surface area contributed by atoms with Crippen molar-refractivity contribution in [2.45, 2.75) is 57.5 Å². The molecule has 1 fully saturated rings. The van der Waals surface area contributed by atoms with E-state index in [1.165, 1.54) is 25.7 Å². The van der Waals surface area contributed by atoms with E-state index >= 15 is 0 Å². The molecule has 116 valence electrons. The SMILES string of the molecule is CCOC(=O)C(NC1CCCCCC1)c1ccc(Br)cc1. The molecular formula is C17H24BrNO2. The molecule has 4 heteroatoms. The summed E-state index contributed by atoms with van der Waals surface area (Å²) in [6.07, 6.45) is 7.39. The fourth-order valence-corrected chi connectivity index (χ4v) is 3.13. The molecule has 0 aliphatic heterocycles. The Bertz CT molecular complexity index is 439. The summed E-state index contributed by atoms with van der Waals surface area (Å²) in [6, 6.07) is 7.95. The van der Waals surface area contributed by atoms with Gasteiger partial charge in [0.2, 0.25) is 0 Å². The predicted octanol–water partition coefficient (Wildman–Crippen LogP) is 4.37. The van der Waals surface area contributed by atoms with Crippen molar-refractivity contribution in [3.8, 4) is 0 Å².